The van der Waals surface area contributed by atoms with Gasteiger partial charge in [0, 0.05) is 28.8 Å². The number of halogens is 1. The Labute approximate surface area is 232 Å². The van der Waals surface area contributed by atoms with Crippen LogP contribution in [0.1, 0.15) is 17.2 Å². The molecule has 0 aliphatic heterocycles. The molecule has 3 aromatic heterocycles. The first-order valence-corrected chi connectivity index (χ1v) is 13.2. The third kappa shape index (κ3) is 5.01. The van der Waals surface area contributed by atoms with Crippen molar-refractivity contribution in [1.82, 2.24) is 24.2 Å². The van der Waals surface area contributed by atoms with Crippen LogP contribution >= 0.6 is 15.9 Å². The van der Waals surface area contributed by atoms with Gasteiger partial charge in [0.05, 0.1) is 35.6 Å². The number of imidazole rings is 2. The molecule has 3 heterocycles. The van der Waals surface area contributed by atoms with E-state index < -0.39 is 6.10 Å². The molecular formula is C30H25BrN6O2. The standard InChI is InChI=1S/C30H25BrN6O2/c1-19-12-24(36-11-9-32-18-36)16-26-28(19)35-29(34-26)25-8-5-10-37(30(25)39)33-17-27(38)22-13-21(14-23(31)15-22)20-6-3-2-4-7-20/h2-16,18,27,33,38H,17H2,1H3,(H,34,35). The molecule has 1 atom stereocenters. The summed E-state index contributed by atoms with van der Waals surface area (Å²) in [5.41, 5.74) is 9.58. The first kappa shape index (κ1) is 24.8. The number of H-pyrrole nitrogens is 1. The summed E-state index contributed by atoms with van der Waals surface area (Å²) in [6.45, 7) is 2.13. The van der Waals surface area contributed by atoms with E-state index in [0.29, 0.717) is 11.4 Å². The highest BCUT2D eigenvalue weighted by Crippen LogP contribution is 2.28. The molecule has 0 fully saturated rings. The van der Waals surface area contributed by atoms with Crippen LogP contribution in [0, 0.1) is 6.92 Å². The molecule has 0 spiro atoms. The number of rotatable bonds is 7. The lowest BCUT2D eigenvalue weighted by Gasteiger charge is -2.16. The smallest absolute Gasteiger partial charge is 0.279 e. The summed E-state index contributed by atoms with van der Waals surface area (Å²) in [5, 5.41) is 11.0. The van der Waals surface area contributed by atoms with Crippen molar-refractivity contribution < 1.29 is 5.11 Å². The lowest BCUT2D eigenvalue weighted by atomic mass is 10.0. The predicted molar refractivity (Wildman–Crippen MR) is 156 cm³/mol. The summed E-state index contributed by atoms with van der Waals surface area (Å²) >= 11 is 3.56. The molecule has 3 N–H and O–H groups in total. The maximum atomic E-state index is 13.4. The van der Waals surface area contributed by atoms with Crippen LogP contribution in [0.15, 0.2) is 107 Å². The van der Waals surface area contributed by atoms with Gasteiger partial charge in [-0.1, -0.05) is 46.3 Å². The van der Waals surface area contributed by atoms with Gasteiger partial charge in [0.2, 0.25) is 0 Å². The number of fused-ring (bicyclic) bond motifs is 1. The minimum Gasteiger partial charge on any atom is -0.386 e. The summed E-state index contributed by atoms with van der Waals surface area (Å²) in [6.07, 6.45) is 6.15. The largest absolute Gasteiger partial charge is 0.386 e. The van der Waals surface area contributed by atoms with E-state index in [1.807, 2.05) is 78.4 Å². The third-order valence-corrected chi connectivity index (χ3v) is 7.09. The van der Waals surface area contributed by atoms with Crippen LogP contribution in [0.4, 0.5) is 0 Å². The van der Waals surface area contributed by atoms with Gasteiger partial charge in [0.25, 0.3) is 5.56 Å². The number of aliphatic hydroxyl groups excluding tert-OH is 1. The molecule has 0 bridgehead atoms. The number of aryl methyl sites for hydroxylation is 1. The quantitative estimate of drug-likeness (QED) is 0.228. The lowest BCUT2D eigenvalue weighted by molar-refractivity contribution is 0.188. The van der Waals surface area contributed by atoms with Crippen molar-refractivity contribution in [1.29, 1.82) is 0 Å². The van der Waals surface area contributed by atoms with Crippen molar-refractivity contribution in [2.75, 3.05) is 12.0 Å². The average Bonchev–Trinajstić information content (AvgIpc) is 3.63. The van der Waals surface area contributed by atoms with Crippen molar-refractivity contribution in [2.24, 2.45) is 0 Å². The SMILES string of the molecule is Cc1cc(-n2ccnc2)cc2[nH]c(-c3cccn(NCC(O)c4cc(Br)cc(-c5ccccc5)c4)c3=O)nc12. The highest BCUT2D eigenvalue weighted by Gasteiger charge is 2.15. The molecule has 9 heteroatoms. The first-order chi connectivity index (χ1) is 19.0. The number of hydrogen-bond donors (Lipinski definition) is 3. The Bertz CT molecular complexity index is 1830. The van der Waals surface area contributed by atoms with Gasteiger partial charge in [-0.15, -0.1) is 0 Å². The second-order valence-electron chi connectivity index (χ2n) is 9.33. The Morgan fingerprint density at radius 1 is 1.03 bits per heavy atom. The second kappa shape index (κ2) is 10.4. The molecule has 6 rings (SSSR count). The van der Waals surface area contributed by atoms with Crippen molar-refractivity contribution in [3.8, 4) is 28.2 Å². The molecule has 0 aliphatic rings. The Kier molecular flexibility index (Phi) is 6.60. The predicted octanol–water partition coefficient (Wildman–Crippen LogP) is 5.59. The maximum Gasteiger partial charge on any atom is 0.279 e. The van der Waals surface area contributed by atoms with Gasteiger partial charge >= 0.3 is 0 Å². The Hall–Kier alpha value is -4.47. The minimum absolute atomic E-state index is 0.140. The maximum absolute atomic E-state index is 13.4. The molecule has 0 amide bonds. The van der Waals surface area contributed by atoms with Gasteiger partial charge < -0.3 is 20.1 Å². The Balaban J connectivity index is 1.25. The zero-order valence-electron chi connectivity index (χ0n) is 21.0. The Morgan fingerprint density at radius 2 is 1.87 bits per heavy atom. The molecule has 0 saturated heterocycles. The molecule has 194 valence electrons. The van der Waals surface area contributed by atoms with Crippen LogP contribution in [0.3, 0.4) is 0 Å². The summed E-state index contributed by atoms with van der Waals surface area (Å²) in [6, 6.07) is 23.4. The summed E-state index contributed by atoms with van der Waals surface area (Å²) < 4.78 is 4.17. The van der Waals surface area contributed by atoms with E-state index in [0.717, 1.165) is 43.4 Å². The van der Waals surface area contributed by atoms with E-state index in [4.69, 9.17) is 4.98 Å². The van der Waals surface area contributed by atoms with E-state index >= 15 is 0 Å². The molecule has 39 heavy (non-hydrogen) atoms. The summed E-state index contributed by atoms with van der Waals surface area (Å²) in [4.78, 5) is 25.5. The monoisotopic (exact) mass is 580 g/mol. The van der Waals surface area contributed by atoms with E-state index in [2.05, 4.69) is 31.3 Å². The number of nitrogens with zero attached hydrogens (tertiary/aromatic N) is 4. The van der Waals surface area contributed by atoms with Crippen LogP contribution < -0.4 is 11.0 Å². The summed E-state index contributed by atoms with van der Waals surface area (Å²) in [5.74, 6) is 0.483. The molecule has 1 unspecified atom stereocenters. The van der Waals surface area contributed by atoms with Crippen molar-refractivity contribution in [3.05, 3.63) is 124 Å². The molecule has 3 aromatic carbocycles. The molecular weight excluding hydrogens is 556 g/mol. The van der Waals surface area contributed by atoms with Gasteiger partial charge in [0.15, 0.2) is 0 Å². The van der Waals surface area contributed by atoms with Gasteiger partial charge in [0.1, 0.15) is 5.82 Å². The van der Waals surface area contributed by atoms with E-state index in [9.17, 15) is 9.90 Å². The normalized spacial score (nSPS) is 12.1. The number of aromatic nitrogens is 5. The highest BCUT2D eigenvalue weighted by molar-refractivity contribution is 9.10. The van der Waals surface area contributed by atoms with Crippen LogP contribution in [0.2, 0.25) is 0 Å². The zero-order chi connectivity index (χ0) is 26.9. The number of aromatic amines is 1. The van der Waals surface area contributed by atoms with Gasteiger partial charge in [-0.3, -0.25) is 4.79 Å². The first-order valence-electron chi connectivity index (χ1n) is 12.4. The van der Waals surface area contributed by atoms with Crippen molar-refractivity contribution in [2.45, 2.75) is 13.0 Å². The second-order valence-corrected chi connectivity index (χ2v) is 10.2. The highest BCUT2D eigenvalue weighted by atomic mass is 79.9. The van der Waals surface area contributed by atoms with E-state index in [1.54, 1.807) is 30.9 Å². The fraction of sp³-hybridized carbons (Fsp3) is 0.100. The van der Waals surface area contributed by atoms with Gasteiger partial charge in [-0.05, 0) is 71.6 Å². The van der Waals surface area contributed by atoms with Crippen LogP contribution in [0.5, 0.6) is 0 Å². The van der Waals surface area contributed by atoms with Crippen LogP contribution in [-0.2, 0) is 0 Å². The zero-order valence-corrected chi connectivity index (χ0v) is 22.6. The van der Waals surface area contributed by atoms with Gasteiger partial charge in [-0.25, -0.2) is 14.6 Å². The van der Waals surface area contributed by atoms with E-state index in [1.165, 1.54) is 4.68 Å². The number of nitrogens with one attached hydrogen (secondary N) is 2. The van der Waals surface area contributed by atoms with Crippen LogP contribution in [0.25, 0.3) is 39.2 Å². The number of benzene rings is 3. The van der Waals surface area contributed by atoms with Gasteiger partial charge in [-0.2, -0.15) is 0 Å². The molecule has 0 radical (unpaired) electrons. The molecule has 0 saturated carbocycles. The lowest BCUT2D eigenvalue weighted by Crippen LogP contribution is -2.32. The Morgan fingerprint density at radius 3 is 2.67 bits per heavy atom. The minimum atomic E-state index is -0.837. The number of aliphatic hydroxyl groups is 1. The number of pyridine rings is 1. The average molecular weight is 581 g/mol. The van der Waals surface area contributed by atoms with E-state index in [-0.39, 0.29) is 12.1 Å². The van der Waals surface area contributed by atoms with Crippen LogP contribution in [-0.4, -0.2) is 35.8 Å². The summed E-state index contributed by atoms with van der Waals surface area (Å²) in [7, 11) is 0. The topological polar surface area (TPSA) is 101 Å². The van der Waals surface area contributed by atoms with Crippen molar-refractivity contribution >= 4 is 27.0 Å². The fourth-order valence-electron chi connectivity index (χ4n) is 4.66. The molecule has 8 nitrogen and oxygen atoms in total. The number of hydrogen-bond acceptors (Lipinski definition) is 5. The fourth-order valence-corrected chi connectivity index (χ4v) is 5.17. The molecule has 0 aliphatic carbocycles. The molecule has 6 aromatic rings. The van der Waals surface area contributed by atoms with Crippen molar-refractivity contribution in [3.63, 3.8) is 0 Å². The third-order valence-electron chi connectivity index (χ3n) is 6.63.